The van der Waals surface area contributed by atoms with Gasteiger partial charge in [-0.15, -0.1) is 0 Å². The molecule has 20 heavy (non-hydrogen) atoms. The number of aliphatic hydroxyl groups excluding tert-OH is 1. The van der Waals surface area contributed by atoms with Crippen molar-refractivity contribution in [3.05, 3.63) is 23.8 Å². The minimum absolute atomic E-state index is 0.0684. The first-order valence-electron chi connectivity index (χ1n) is 6.11. The maximum Gasteiger partial charge on any atom is 0.262 e. The smallest absolute Gasteiger partial charge is 0.262 e. The number of carbonyl (C=O) groups is 2. The van der Waals surface area contributed by atoms with Crippen molar-refractivity contribution in [2.75, 3.05) is 32.2 Å². The van der Waals surface area contributed by atoms with Gasteiger partial charge in [0.1, 0.15) is 5.75 Å². The summed E-state index contributed by atoms with van der Waals surface area (Å²) in [7, 11) is 1.49. The SMILES string of the molecule is COCC(CO)NC(=O)c1ccc2c(c1)OCC(=O)N2. The third kappa shape index (κ3) is 3.25. The molecule has 108 valence electrons. The molecule has 7 nitrogen and oxygen atoms in total. The molecule has 1 aromatic carbocycles. The van der Waals surface area contributed by atoms with Crippen molar-refractivity contribution >= 4 is 17.5 Å². The number of rotatable bonds is 5. The monoisotopic (exact) mass is 280 g/mol. The van der Waals surface area contributed by atoms with E-state index in [2.05, 4.69) is 10.6 Å². The lowest BCUT2D eigenvalue weighted by Gasteiger charge is -2.19. The fourth-order valence-electron chi connectivity index (χ4n) is 1.83. The molecule has 1 aliphatic rings. The second kappa shape index (κ2) is 6.36. The van der Waals surface area contributed by atoms with Crippen LogP contribution in [-0.4, -0.2) is 49.9 Å². The number of anilines is 1. The number of carbonyl (C=O) groups excluding carboxylic acids is 2. The largest absolute Gasteiger partial charge is 0.482 e. The zero-order valence-corrected chi connectivity index (χ0v) is 11.0. The van der Waals surface area contributed by atoms with Gasteiger partial charge in [0.15, 0.2) is 6.61 Å². The van der Waals surface area contributed by atoms with Gasteiger partial charge >= 0.3 is 0 Å². The van der Waals surface area contributed by atoms with Crippen LogP contribution in [0.15, 0.2) is 18.2 Å². The Bertz CT molecular complexity index is 517. The molecule has 0 radical (unpaired) electrons. The molecule has 0 bridgehead atoms. The van der Waals surface area contributed by atoms with Crippen LogP contribution in [0, 0.1) is 0 Å². The maximum atomic E-state index is 12.0. The Labute approximate surface area is 115 Å². The molecule has 1 atom stereocenters. The topological polar surface area (TPSA) is 96.9 Å². The summed E-state index contributed by atoms with van der Waals surface area (Å²) in [6, 6.07) is 4.26. The number of amides is 2. The summed E-state index contributed by atoms with van der Waals surface area (Å²) in [5.41, 5.74) is 0.919. The molecule has 0 aliphatic carbocycles. The summed E-state index contributed by atoms with van der Waals surface area (Å²) in [6.07, 6.45) is 0. The molecule has 0 spiro atoms. The van der Waals surface area contributed by atoms with E-state index in [4.69, 9.17) is 14.6 Å². The zero-order valence-electron chi connectivity index (χ0n) is 11.0. The minimum atomic E-state index is -0.468. The van der Waals surface area contributed by atoms with Gasteiger partial charge in [0, 0.05) is 12.7 Å². The standard InChI is InChI=1S/C13H16N2O5/c1-19-6-9(5-16)14-13(18)8-2-3-10-11(4-8)20-7-12(17)15-10/h2-4,9,16H,5-7H2,1H3,(H,14,18)(H,15,17). The average Bonchev–Trinajstić information content (AvgIpc) is 2.46. The molecule has 7 heteroatoms. The Morgan fingerprint density at radius 2 is 2.40 bits per heavy atom. The number of aliphatic hydroxyl groups is 1. The Morgan fingerprint density at radius 1 is 1.60 bits per heavy atom. The predicted molar refractivity (Wildman–Crippen MR) is 70.8 cm³/mol. The van der Waals surface area contributed by atoms with E-state index in [0.717, 1.165) is 0 Å². The summed E-state index contributed by atoms with van der Waals surface area (Å²) >= 11 is 0. The van der Waals surface area contributed by atoms with E-state index in [9.17, 15) is 9.59 Å². The van der Waals surface area contributed by atoms with E-state index < -0.39 is 6.04 Å². The molecule has 0 fully saturated rings. The van der Waals surface area contributed by atoms with Crippen molar-refractivity contribution in [3.63, 3.8) is 0 Å². The molecule has 0 saturated heterocycles. The van der Waals surface area contributed by atoms with Crippen LogP contribution in [0.4, 0.5) is 5.69 Å². The van der Waals surface area contributed by atoms with Crippen LogP contribution in [0.25, 0.3) is 0 Å². The highest BCUT2D eigenvalue weighted by Crippen LogP contribution is 2.28. The fourth-order valence-corrected chi connectivity index (χ4v) is 1.83. The van der Waals surface area contributed by atoms with Gasteiger partial charge in [-0.2, -0.15) is 0 Å². The lowest BCUT2D eigenvalue weighted by Crippen LogP contribution is -2.40. The van der Waals surface area contributed by atoms with Crippen molar-refractivity contribution in [3.8, 4) is 5.75 Å². The molecule has 1 unspecified atom stereocenters. The Morgan fingerprint density at radius 3 is 3.10 bits per heavy atom. The highest BCUT2D eigenvalue weighted by atomic mass is 16.5. The minimum Gasteiger partial charge on any atom is -0.482 e. The summed E-state index contributed by atoms with van der Waals surface area (Å²) in [5, 5.41) is 14.4. The quantitative estimate of drug-likeness (QED) is 0.691. The molecule has 0 saturated carbocycles. The normalized spacial score (nSPS) is 14.8. The first-order chi connectivity index (χ1) is 9.63. The van der Waals surface area contributed by atoms with Crippen LogP contribution >= 0.6 is 0 Å². The molecule has 1 heterocycles. The van der Waals surface area contributed by atoms with Gasteiger partial charge < -0.3 is 25.2 Å². The highest BCUT2D eigenvalue weighted by Gasteiger charge is 2.19. The van der Waals surface area contributed by atoms with Crippen LogP contribution in [0.1, 0.15) is 10.4 Å². The van der Waals surface area contributed by atoms with Gasteiger partial charge in [-0.3, -0.25) is 9.59 Å². The van der Waals surface area contributed by atoms with Crippen LogP contribution in [-0.2, 0) is 9.53 Å². The Balaban J connectivity index is 2.09. The third-order valence-electron chi connectivity index (χ3n) is 2.80. The number of fused-ring (bicyclic) bond motifs is 1. The van der Waals surface area contributed by atoms with E-state index in [0.29, 0.717) is 17.0 Å². The first-order valence-corrected chi connectivity index (χ1v) is 6.11. The van der Waals surface area contributed by atoms with Gasteiger partial charge in [-0.05, 0) is 18.2 Å². The van der Waals surface area contributed by atoms with Gasteiger partial charge in [-0.25, -0.2) is 0 Å². The molecular weight excluding hydrogens is 264 g/mol. The van der Waals surface area contributed by atoms with Gasteiger partial charge in [0.2, 0.25) is 0 Å². The summed E-state index contributed by atoms with van der Waals surface area (Å²) < 4.78 is 10.1. The molecule has 0 aromatic heterocycles. The highest BCUT2D eigenvalue weighted by molar-refractivity contribution is 5.99. The second-order valence-electron chi connectivity index (χ2n) is 4.36. The van der Waals surface area contributed by atoms with Crippen molar-refractivity contribution < 1.29 is 24.2 Å². The lowest BCUT2D eigenvalue weighted by atomic mass is 10.1. The molecule has 3 N–H and O–H groups in total. The first kappa shape index (κ1) is 14.3. The van der Waals surface area contributed by atoms with Gasteiger partial charge in [0.05, 0.1) is 24.9 Å². The number of nitrogens with one attached hydrogen (secondary N) is 2. The van der Waals surface area contributed by atoms with Crippen molar-refractivity contribution in [1.82, 2.24) is 5.32 Å². The molecule has 2 amide bonds. The van der Waals surface area contributed by atoms with Crippen molar-refractivity contribution in [2.45, 2.75) is 6.04 Å². The Hall–Kier alpha value is -2.12. The van der Waals surface area contributed by atoms with E-state index >= 15 is 0 Å². The van der Waals surface area contributed by atoms with Crippen LogP contribution in [0.3, 0.4) is 0 Å². The number of ether oxygens (including phenoxy) is 2. The summed E-state index contributed by atoms with van der Waals surface area (Å²) in [6.45, 7) is -0.0577. The van der Waals surface area contributed by atoms with Crippen LogP contribution in [0.5, 0.6) is 5.75 Å². The van der Waals surface area contributed by atoms with Crippen LogP contribution < -0.4 is 15.4 Å². The fraction of sp³-hybridized carbons (Fsp3) is 0.385. The van der Waals surface area contributed by atoms with E-state index in [1.165, 1.54) is 7.11 Å². The maximum absolute atomic E-state index is 12.0. The number of methoxy groups -OCH3 is 1. The van der Waals surface area contributed by atoms with Gasteiger partial charge in [-0.1, -0.05) is 0 Å². The number of benzene rings is 1. The average molecular weight is 280 g/mol. The molecular formula is C13H16N2O5. The van der Waals surface area contributed by atoms with E-state index in [-0.39, 0.29) is 31.6 Å². The predicted octanol–water partition coefficient (Wildman–Crippen LogP) is -0.245. The van der Waals surface area contributed by atoms with Crippen molar-refractivity contribution in [2.24, 2.45) is 0 Å². The number of hydrogen-bond donors (Lipinski definition) is 3. The summed E-state index contributed by atoms with van der Waals surface area (Å²) in [4.78, 5) is 23.2. The lowest BCUT2D eigenvalue weighted by molar-refractivity contribution is -0.118. The van der Waals surface area contributed by atoms with Crippen molar-refractivity contribution in [1.29, 1.82) is 0 Å². The van der Waals surface area contributed by atoms with E-state index in [1.54, 1.807) is 18.2 Å². The molecule has 1 aliphatic heterocycles. The Kier molecular flexibility index (Phi) is 4.54. The molecule has 2 rings (SSSR count). The number of hydrogen-bond acceptors (Lipinski definition) is 5. The molecule has 1 aromatic rings. The van der Waals surface area contributed by atoms with Gasteiger partial charge in [0.25, 0.3) is 11.8 Å². The zero-order chi connectivity index (χ0) is 14.5. The second-order valence-corrected chi connectivity index (χ2v) is 4.36. The van der Waals surface area contributed by atoms with Crippen LogP contribution in [0.2, 0.25) is 0 Å². The third-order valence-corrected chi connectivity index (χ3v) is 2.80. The van der Waals surface area contributed by atoms with E-state index in [1.807, 2.05) is 0 Å². The summed E-state index contributed by atoms with van der Waals surface area (Å²) in [5.74, 6) is -0.121.